The first kappa shape index (κ1) is 13.4. The van der Waals surface area contributed by atoms with Gasteiger partial charge in [-0.25, -0.2) is 10.2 Å². The third-order valence-electron chi connectivity index (χ3n) is 2.13. The summed E-state index contributed by atoms with van der Waals surface area (Å²) in [7, 11) is 1.34. The van der Waals surface area contributed by atoms with Crippen molar-refractivity contribution in [3.63, 3.8) is 0 Å². The minimum atomic E-state index is -0.808. The van der Waals surface area contributed by atoms with Crippen LogP contribution in [-0.2, 0) is 0 Å². The summed E-state index contributed by atoms with van der Waals surface area (Å²) in [6.45, 7) is 1.58. The summed E-state index contributed by atoms with van der Waals surface area (Å²) in [6.07, 6.45) is 0. The van der Waals surface area contributed by atoms with Gasteiger partial charge < -0.3 is 10.5 Å². The summed E-state index contributed by atoms with van der Waals surface area (Å²) >= 11 is 0. The van der Waals surface area contributed by atoms with Crippen LogP contribution >= 0.6 is 0 Å². The normalized spacial score (nSPS) is 10.9. The van der Waals surface area contributed by atoms with Gasteiger partial charge in [0.15, 0.2) is 5.75 Å². The number of nitrogens with two attached hydrogens (primary N) is 1. The Labute approximate surface area is 103 Å². The van der Waals surface area contributed by atoms with E-state index in [0.29, 0.717) is 11.3 Å². The molecule has 0 saturated carbocycles. The maximum atomic E-state index is 10.8. The van der Waals surface area contributed by atoms with E-state index in [1.54, 1.807) is 13.0 Å². The second-order valence-corrected chi connectivity index (χ2v) is 3.32. The van der Waals surface area contributed by atoms with Crippen molar-refractivity contribution in [1.29, 1.82) is 0 Å². The maximum Gasteiger partial charge on any atom is 0.332 e. The lowest BCUT2D eigenvalue weighted by Gasteiger charge is -2.04. The highest BCUT2D eigenvalue weighted by atomic mass is 16.6. The highest BCUT2D eigenvalue weighted by Crippen LogP contribution is 2.27. The molecule has 0 aliphatic carbocycles. The fourth-order valence-electron chi connectivity index (χ4n) is 1.26. The first-order valence-electron chi connectivity index (χ1n) is 4.88. The minimum Gasteiger partial charge on any atom is -0.490 e. The number of ether oxygens (including phenoxy) is 1. The van der Waals surface area contributed by atoms with E-state index in [0.717, 1.165) is 0 Å². The number of amides is 2. The molecule has 0 aliphatic rings. The third kappa shape index (κ3) is 3.17. The van der Waals surface area contributed by atoms with Crippen molar-refractivity contribution in [3.05, 3.63) is 33.9 Å². The number of carbonyl (C=O) groups excluding carboxylic acids is 1. The molecule has 8 heteroatoms. The van der Waals surface area contributed by atoms with E-state index in [4.69, 9.17) is 10.5 Å². The summed E-state index contributed by atoms with van der Waals surface area (Å²) in [5.74, 6) is 0.152. The zero-order valence-electron chi connectivity index (χ0n) is 9.84. The number of urea groups is 1. The number of nitro benzene ring substituents is 1. The summed E-state index contributed by atoms with van der Waals surface area (Å²) in [5, 5.41) is 14.5. The van der Waals surface area contributed by atoms with Crippen LogP contribution in [0.3, 0.4) is 0 Å². The van der Waals surface area contributed by atoms with Gasteiger partial charge in [-0.15, -0.1) is 0 Å². The number of nitrogens with one attached hydrogen (secondary N) is 1. The number of carbonyl (C=O) groups is 1. The van der Waals surface area contributed by atoms with Gasteiger partial charge in [-0.05, 0) is 19.1 Å². The van der Waals surface area contributed by atoms with E-state index in [1.807, 2.05) is 5.43 Å². The Balaban J connectivity index is 3.11. The Morgan fingerprint density at radius 2 is 2.22 bits per heavy atom. The van der Waals surface area contributed by atoms with Crippen molar-refractivity contribution in [2.75, 3.05) is 7.11 Å². The van der Waals surface area contributed by atoms with Gasteiger partial charge in [0, 0.05) is 11.6 Å². The van der Waals surface area contributed by atoms with Crippen molar-refractivity contribution in [1.82, 2.24) is 5.43 Å². The summed E-state index contributed by atoms with van der Waals surface area (Å²) in [5.41, 5.74) is 7.60. The summed E-state index contributed by atoms with van der Waals surface area (Å²) < 4.78 is 4.87. The second kappa shape index (κ2) is 5.62. The van der Waals surface area contributed by atoms with Gasteiger partial charge in [0.05, 0.1) is 17.7 Å². The van der Waals surface area contributed by atoms with E-state index in [9.17, 15) is 14.9 Å². The van der Waals surface area contributed by atoms with Gasteiger partial charge in [-0.2, -0.15) is 5.10 Å². The van der Waals surface area contributed by atoms with Crippen molar-refractivity contribution in [2.45, 2.75) is 6.92 Å². The Bertz CT molecular complexity index is 513. The maximum absolute atomic E-state index is 10.8. The molecule has 0 fully saturated rings. The predicted molar refractivity (Wildman–Crippen MR) is 64.6 cm³/mol. The SMILES string of the molecule is COc1ccc(/C(C)=N/NC(N)=O)cc1[N+](=O)[O-]. The number of methoxy groups -OCH3 is 1. The Morgan fingerprint density at radius 1 is 1.56 bits per heavy atom. The van der Waals surface area contributed by atoms with E-state index >= 15 is 0 Å². The van der Waals surface area contributed by atoms with Crippen LogP contribution in [0.5, 0.6) is 5.75 Å². The van der Waals surface area contributed by atoms with Crippen LogP contribution in [0.15, 0.2) is 23.3 Å². The minimum absolute atomic E-state index is 0.152. The first-order valence-corrected chi connectivity index (χ1v) is 4.88. The molecular formula is C10H12N4O4. The third-order valence-corrected chi connectivity index (χ3v) is 2.13. The van der Waals surface area contributed by atoms with Gasteiger partial charge in [0.2, 0.25) is 0 Å². The van der Waals surface area contributed by atoms with E-state index in [-0.39, 0.29) is 11.4 Å². The molecule has 1 rings (SSSR count). The Morgan fingerprint density at radius 3 is 2.72 bits per heavy atom. The first-order chi connectivity index (χ1) is 8.45. The van der Waals surface area contributed by atoms with Gasteiger partial charge in [-0.1, -0.05) is 0 Å². The van der Waals surface area contributed by atoms with E-state index < -0.39 is 11.0 Å². The van der Waals surface area contributed by atoms with Crippen molar-refractivity contribution < 1.29 is 14.5 Å². The van der Waals surface area contributed by atoms with Crippen LogP contribution in [0.4, 0.5) is 10.5 Å². The molecule has 0 spiro atoms. The Kier molecular flexibility index (Phi) is 4.19. The van der Waals surface area contributed by atoms with Crippen LogP contribution in [-0.4, -0.2) is 23.8 Å². The number of benzene rings is 1. The molecule has 0 radical (unpaired) electrons. The van der Waals surface area contributed by atoms with Crippen LogP contribution < -0.4 is 15.9 Å². The lowest BCUT2D eigenvalue weighted by Crippen LogP contribution is -2.25. The van der Waals surface area contributed by atoms with Gasteiger partial charge in [-0.3, -0.25) is 10.1 Å². The average Bonchev–Trinajstić information content (AvgIpc) is 2.34. The predicted octanol–water partition coefficient (Wildman–Crippen LogP) is 0.996. The van der Waals surface area contributed by atoms with Crippen molar-refractivity contribution >= 4 is 17.4 Å². The fourth-order valence-corrected chi connectivity index (χ4v) is 1.26. The number of hydrogen-bond acceptors (Lipinski definition) is 5. The average molecular weight is 252 g/mol. The highest BCUT2D eigenvalue weighted by molar-refractivity contribution is 5.99. The molecule has 0 heterocycles. The molecule has 1 aromatic carbocycles. The molecule has 1 aromatic rings. The lowest BCUT2D eigenvalue weighted by molar-refractivity contribution is -0.385. The molecule has 8 nitrogen and oxygen atoms in total. The number of rotatable bonds is 4. The zero-order valence-corrected chi connectivity index (χ0v) is 9.84. The molecule has 0 unspecified atom stereocenters. The Hall–Kier alpha value is -2.64. The van der Waals surface area contributed by atoms with Crippen molar-refractivity contribution in [2.24, 2.45) is 10.8 Å². The molecule has 96 valence electrons. The molecule has 0 saturated heterocycles. The van der Waals surface area contributed by atoms with E-state index in [1.165, 1.54) is 19.2 Å². The molecule has 0 aromatic heterocycles. The molecule has 0 aliphatic heterocycles. The van der Waals surface area contributed by atoms with Crippen LogP contribution in [0, 0.1) is 10.1 Å². The number of hydrogen-bond donors (Lipinski definition) is 2. The summed E-state index contributed by atoms with van der Waals surface area (Å²) in [6, 6.07) is 3.54. The smallest absolute Gasteiger partial charge is 0.332 e. The highest BCUT2D eigenvalue weighted by Gasteiger charge is 2.16. The van der Waals surface area contributed by atoms with Crippen LogP contribution in [0.1, 0.15) is 12.5 Å². The van der Waals surface area contributed by atoms with Gasteiger partial charge in [0.25, 0.3) is 0 Å². The molecule has 0 atom stereocenters. The number of primary amides is 1. The van der Waals surface area contributed by atoms with Gasteiger partial charge in [0.1, 0.15) is 0 Å². The van der Waals surface area contributed by atoms with Crippen LogP contribution in [0.2, 0.25) is 0 Å². The molecule has 2 amide bonds. The van der Waals surface area contributed by atoms with Crippen LogP contribution in [0.25, 0.3) is 0 Å². The number of hydrazone groups is 1. The second-order valence-electron chi connectivity index (χ2n) is 3.32. The quantitative estimate of drug-likeness (QED) is 0.471. The standard InChI is InChI=1S/C10H12N4O4/c1-6(12-13-10(11)15)7-3-4-9(18-2)8(5-7)14(16)17/h3-5H,1-2H3,(H3,11,13,15)/b12-6+. The summed E-state index contributed by atoms with van der Waals surface area (Å²) in [4.78, 5) is 20.7. The molecule has 3 N–H and O–H groups in total. The topological polar surface area (TPSA) is 120 Å². The lowest BCUT2D eigenvalue weighted by atomic mass is 10.1. The number of nitrogens with zero attached hydrogens (tertiary/aromatic N) is 2. The zero-order chi connectivity index (χ0) is 13.7. The monoisotopic (exact) mass is 252 g/mol. The molecule has 0 bridgehead atoms. The van der Waals surface area contributed by atoms with Gasteiger partial charge >= 0.3 is 11.7 Å². The molecule has 18 heavy (non-hydrogen) atoms. The largest absolute Gasteiger partial charge is 0.490 e. The number of nitro groups is 1. The van der Waals surface area contributed by atoms with Crippen molar-refractivity contribution in [3.8, 4) is 5.75 Å². The van der Waals surface area contributed by atoms with E-state index in [2.05, 4.69) is 5.10 Å². The fraction of sp³-hybridized carbons (Fsp3) is 0.200. The molecular weight excluding hydrogens is 240 g/mol.